The van der Waals surface area contributed by atoms with Crippen LogP contribution in [-0.4, -0.2) is 28.2 Å². The number of nitrogens with zero attached hydrogens (tertiary/aromatic N) is 4. The van der Waals surface area contributed by atoms with Crippen LogP contribution in [0.15, 0.2) is 42.5 Å². The SMILES string of the molecule is COc1cc2c(cc1/C=C(\C#N)c1nc(N)nc(Nc3ccccc3)n1)OC(C)C2. The van der Waals surface area contributed by atoms with Gasteiger partial charge in [-0.05, 0) is 37.3 Å². The van der Waals surface area contributed by atoms with E-state index in [1.165, 1.54) is 0 Å². The quantitative estimate of drug-likeness (QED) is 0.624. The van der Waals surface area contributed by atoms with Crippen LogP contribution in [0.1, 0.15) is 23.9 Å². The van der Waals surface area contributed by atoms with Crippen molar-refractivity contribution in [2.24, 2.45) is 0 Å². The van der Waals surface area contributed by atoms with Gasteiger partial charge in [-0.25, -0.2) is 0 Å². The topological polar surface area (TPSA) is 119 Å². The van der Waals surface area contributed by atoms with Gasteiger partial charge in [-0.15, -0.1) is 0 Å². The van der Waals surface area contributed by atoms with Gasteiger partial charge in [0.25, 0.3) is 0 Å². The van der Waals surface area contributed by atoms with Crippen molar-refractivity contribution < 1.29 is 9.47 Å². The molecule has 0 saturated heterocycles. The number of aromatic nitrogens is 3. The molecular formula is C22H20N6O2. The first-order chi connectivity index (χ1) is 14.6. The minimum atomic E-state index is 0.0117. The molecule has 1 atom stereocenters. The van der Waals surface area contributed by atoms with Crippen molar-refractivity contribution >= 4 is 29.2 Å². The Morgan fingerprint density at radius 3 is 2.80 bits per heavy atom. The van der Waals surface area contributed by atoms with Crippen LogP contribution in [0.2, 0.25) is 0 Å². The molecule has 2 aromatic carbocycles. The molecule has 1 aromatic heterocycles. The van der Waals surface area contributed by atoms with E-state index in [4.69, 9.17) is 15.2 Å². The van der Waals surface area contributed by atoms with Gasteiger partial charge in [0.15, 0.2) is 5.82 Å². The predicted molar refractivity (Wildman–Crippen MR) is 114 cm³/mol. The second-order valence-corrected chi connectivity index (χ2v) is 6.84. The lowest BCUT2D eigenvalue weighted by Crippen LogP contribution is -2.06. The van der Waals surface area contributed by atoms with E-state index in [0.29, 0.717) is 11.3 Å². The zero-order valence-corrected chi connectivity index (χ0v) is 16.6. The van der Waals surface area contributed by atoms with Crippen LogP contribution >= 0.6 is 0 Å². The molecule has 0 bridgehead atoms. The van der Waals surface area contributed by atoms with Crippen molar-refractivity contribution in [3.63, 3.8) is 0 Å². The second-order valence-electron chi connectivity index (χ2n) is 6.84. The highest BCUT2D eigenvalue weighted by molar-refractivity contribution is 5.89. The zero-order chi connectivity index (χ0) is 21.1. The van der Waals surface area contributed by atoms with Crippen molar-refractivity contribution in [1.29, 1.82) is 5.26 Å². The summed E-state index contributed by atoms with van der Waals surface area (Å²) in [4.78, 5) is 12.6. The number of nitriles is 1. The monoisotopic (exact) mass is 400 g/mol. The highest BCUT2D eigenvalue weighted by Gasteiger charge is 2.22. The minimum absolute atomic E-state index is 0.0117. The highest BCUT2D eigenvalue weighted by atomic mass is 16.5. The Hall–Kier alpha value is -4.12. The number of ether oxygens (including phenoxy) is 2. The molecule has 30 heavy (non-hydrogen) atoms. The summed E-state index contributed by atoms with van der Waals surface area (Å²) < 4.78 is 11.3. The number of fused-ring (bicyclic) bond motifs is 1. The molecule has 8 nitrogen and oxygen atoms in total. The van der Waals surface area contributed by atoms with Gasteiger partial charge < -0.3 is 20.5 Å². The first kappa shape index (κ1) is 19.2. The van der Waals surface area contributed by atoms with Gasteiger partial charge in [-0.1, -0.05) is 18.2 Å². The first-order valence-corrected chi connectivity index (χ1v) is 9.39. The zero-order valence-electron chi connectivity index (χ0n) is 16.6. The lowest BCUT2D eigenvalue weighted by molar-refractivity contribution is 0.254. The summed E-state index contributed by atoms with van der Waals surface area (Å²) in [6.45, 7) is 2.01. The number of allylic oxidation sites excluding steroid dienone is 1. The Labute approximate surface area is 174 Å². The average molecular weight is 400 g/mol. The van der Waals surface area contributed by atoms with E-state index >= 15 is 0 Å². The normalized spacial score (nSPS) is 15.1. The smallest absolute Gasteiger partial charge is 0.232 e. The van der Waals surface area contributed by atoms with E-state index in [1.54, 1.807) is 13.2 Å². The fraction of sp³-hybridized carbons (Fsp3) is 0.182. The van der Waals surface area contributed by atoms with Gasteiger partial charge in [0.1, 0.15) is 23.7 Å². The number of rotatable bonds is 5. The number of anilines is 3. The number of para-hydroxylation sites is 1. The molecule has 0 fully saturated rings. The van der Waals surface area contributed by atoms with Crippen molar-refractivity contribution in [1.82, 2.24) is 15.0 Å². The number of nitrogen functional groups attached to an aromatic ring is 1. The number of hydrogen-bond acceptors (Lipinski definition) is 8. The lowest BCUT2D eigenvalue weighted by atomic mass is 10.0. The van der Waals surface area contributed by atoms with Gasteiger partial charge in [0.05, 0.1) is 12.7 Å². The molecule has 0 aliphatic carbocycles. The number of nitrogens with two attached hydrogens (primary N) is 1. The molecule has 0 amide bonds. The van der Waals surface area contributed by atoms with Crippen LogP contribution in [0, 0.1) is 11.3 Å². The minimum Gasteiger partial charge on any atom is -0.496 e. The van der Waals surface area contributed by atoms with Crippen LogP contribution in [0.5, 0.6) is 11.5 Å². The fourth-order valence-electron chi connectivity index (χ4n) is 3.27. The molecule has 150 valence electrons. The molecule has 1 unspecified atom stereocenters. The van der Waals surface area contributed by atoms with E-state index in [1.807, 2.05) is 49.4 Å². The maximum Gasteiger partial charge on any atom is 0.232 e. The standard InChI is InChI=1S/C22H20N6O2/c1-13-8-14-10-18(29-2)15(11-19(14)30-13)9-16(12-23)20-26-21(24)28-22(27-20)25-17-6-4-3-5-7-17/h3-7,9-11,13H,8H2,1-2H3,(H3,24,25,26,27,28)/b16-9+. The third-order valence-corrected chi connectivity index (χ3v) is 4.59. The molecule has 1 aliphatic rings. The molecule has 2 heterocycles. The Morgan fingerprint density at radius 2 is 2.07 bits per heavy atom. The Bertz CT molecular complexity index is 1150. The summed E-state index contributed by atoms with van der Waals surface area (Å²) in [5, 5.41) is 12.8. The van der Waals surface area contributed by atoms with Crippen LogP contribution in [-0.2, 0) is 6.42 Å². The molecular weight excluding hydrogens is 380 g/mol. The molecule has 0 radical (unpaired) electrons. The number of benzene rings is 2. The summed E-state index contributed by atoms with van der Waals surface area (Å²) in [7, 11) is 1.59. The van der Waals surface area contributed by atoms with E-state index < -0.39 is 0 Å². The van der Waals surface area contributed by atoms with Crippen LogP contribution in [0.3, 0.4) is 0 Å². The summed E-state index contributed by atoms with van der Waals surface area (Å²) in [5.41, 5.74) is 8.65. The van der Waals surface area contributed by atoms with Crippen LogP contribution in [0.4, 0.5) is 17.6 Å². The Kier molecular flexibility index (Phi) is 5.18. The van der Waals surface area contributed by atoms with Crippen molar-refractivity contribution in [3.05, 3.63) is 59.4 Å². The van der Waals surface area contributed by atoms with Gasteiger partial charge in [0, 0.05) is 23.2 Å². The maximum atomic E-state index is 9.76. The molecule has 1 aliphatic heterocycles. The molecule has 4 rings (SSSR count). The third kappa shape index (κ3) is 4.00. The number of methoxy groups -OCH3 is 1. The van der Waals surface area contributed by atoms with E-state index in [9.17, 15) is 5.26 Å². The fourth-order valence-corrected chi connectivity index (χ4v) is 3.27. The summed E-state index contributed by atoms with van der Waals surface area (Å²) in [6, 6.07) is 15.4. The number of hydrogen-bond donors (Lipinski definition) is 2. The number of nitrogens with one attached hydrogen (secondary N) is 1. The van der Waals surface area contributed by atoms with E-state index in [0.717, 1.165) is 23.4 Å². The van der Waals surface area contributed by atoms with E-state index in [-0.39, 0.29) is 29.4 Å². The molecule has 3 N–H and O–H groups in total. The Morgan fingerprint density at radius 1 is 1.27 bits per heavy atom. The molecule has 3 aromatic rings. The van der Waals surface area contributed by atoms with Gasteiger partial charge in [0.2, 0.25) is 11.9 Å². The Balaban J connectivity index is 1.72. The van der Waals surface area contributed by atoms with Crippen molar-refractivity contribution in [3.8, 4) is 17.6 Å². The predicted octanol–water partition coefficient (Wildman–Crippen LogP) is 3.59. The van der Waals surface area contributed by atoms with Gasteiger partial charge in [-0.2, -0.15) is 20.2 Å². The molecule has 8 heteroatoms. The largest absolute Gasteiger partial charge is 0.496 e. The molecule has 0 spiro atoms. The highest BCUT2D eigenvalue weighted by Crippen LogP contribution is 2.36. The van der Waals surface area contributed by atoms with Crippen LogP contribution < -0.4 is 20.5 Å². The summed E-state index contributed by atoms with van der Waals surface area (Å²) >= 11 is 0. The third-order valence-electron chi connectivity index (χ3n) is 4.59. The van der Waals surface area contributed by atoms with Crippen LogP contribution in [0.25, 0.3) is 11.6 Å². The summed E-state index contributed by atoms with van der Waals surface area (Å²) in [5.74, 6) is 1.86. The van der Waals surface area contributed by atoms with E-state index in [2.05, 4.69) is 26.3 Å². The first-order valence-electron chi connectivity index (χ1n) is 9.39. The van der Waals surface area contributed by atoms with Gasteiger partial charge >= 0.3 is 0 Å². The second kappa shape index (κ2) is 8.09. The lowest BCUT2D eigenvalue weighted by Gasteiger charge is -2.09. The van der Waals surface area contributed by atoms with Crippen molar-refractivity contribution in [2.45, 2.75) is 19.4 Å². The van der Waals surface area contributed by atoms with Gasteiger partial charge in [-0.3, -0.25) is 0 Å². The summed E-state index contributed by atoms with van der Waals surface area (Å²) in [6.07, 6.45) is 2.58. The molecule has 0 saturated carbocycles. The van der Waals surface area contributed by atoms with Crippen molar-refractivity contribution in [2.75, 3.05) is 18.2 Å². The average Bonchev–Trinajstić information content (AvgIpc) is 3.10. The maximum absolute atomic E-state index is 9.76.